The van der Waals surface area contributed by atoms with Crippen LogP contribution < -0.4 is 15.9 Å². The van der Waals surface area contributed by atoms with Crippen LogP contribution >= 0.6 is 11.3 Å². The van der Waals surface area contributed by atoms with Crippen LogP contribution in [0.3, 0.4) is 0 Å². The van der Waals surface area contributed by atoms with E-state index in [1.807, 2.05) is 5.38 Å². The predicted octanol–water partition coefficient (Wildman–Crippen LogP) is 2.07. The van der Waals surface area contributed by atoms with E-state index >= 15 is 0 Å². The average Bonchev–Trinajstić information content (AvgIpc) is 2.75. The van der Waals surface area contributed by atoms with Gasteiger partial charge in [0.1, 0.15) is 0 Å². The van der Waals surface area contributed by atoms with Crippen LogP contribution in [-0.4, -0.2) is 18.1 Å². The van der Waals surface area contributed by atoms with Crippen molar-refractivity contribution in [2.75, 3.05) is 13.1 Å². The van der Waals surface area contributed by atoms with Gasteiger partial charge in [0.15, 0.2) is 0 Å². The van der Waals surface area contributed by atoms with Gasteiger partial charge in [0.2, 0.25) is 0 Å². The molecule has 4 N–H and O–H groups in total. The molecule has 0 saturated heterocycles. The minimum atomic E-state index is 0.0257. The molecule has 1 unspecified atom stereocenters. The van der Waals surface area contributed by atoms with Gasteiger partial charge >= 0.3 is 4.87 Å². The summed E-state index contributed by atoms with van der Waals surface area (Å²) in [7, 11) is 0. The molecule has 0 spiro atoms. The standard InChI is InChI=1S/C13H25N3OS/c1-2-4-11(6-7-14)5-3-8-15-9-12-10-18-13(17)16-12/h10-11,15H,2-9,14H2,1H3,(H,16,17). The van der Waals surface area contributed by atoms with Crippen molar-refractivity contribution in [1.29, 1.82) is 0 Å². The van der Waals surface area contributed by atoms with Crippen LogP contribution in [0.25, 0.3) is 0 Å². The molecule has 0 aromatic carbocycles. The SMILES string of the molecule is CCCC(CCN)CCCNCc1csc(=O)[nH]1. The van der Waals surface area contributed by atoms with Crippen LogP contribution in [0.4, 0.5) is 0 Å². The summed E-state index contributed by atoms with van der Waals surface area (Å²) in [5, 5.41) is 5.24. The Labute approximate surface area is 113 Å². The lowest BCUT2D eigenvalue weighted by molar-refractivity contribution is 0.403. The topological polar surface area (TPSA) is 70.9 Å². The summed E-state index contributed by atoms with van der Waals surface area (Å²) >= 11 is 1.22. The molecule has 5 heteroatoms. The van der Waals surface area contributed by atoms with E-state index in [0.717, 1.165) is 37.7 Å². The zero-order valence-corrected chi connectivity index (χ0v) is 12.0. The molecule has 0 radical (unpaired) electrons. The molecule has 0 aliphatic carbocycles. The highest BCUT2D eigenvalue weighted by molar-refractivity contribution is 7.07. The fraction of sp³-hybridized carbons (Fsp3) is 0.769. The quantitative estimate of drug-likeness (QED) is 0.571. The minimum Gasteiger partial charge on any atom is -0.330 e. The van der Waals surface area contributed by atoms with E-state index in [1.54, 1.807) is 0 Å². The van der Waals surface area contributed by atoms with E-state index in [-0.39, 0.29) is 4.87 Å². The van der Waals surface area contributed by atoms with Crippen LogP contribution in [0.1, 0.15) is 44.7 Å². The average molecular weight is 271 g/mol. The zero-order valence-electron chi connectivity index (χ0n) is 11.2. The monoisotopic (exact) mass is 271 g/mol. The maximum absolute atomic E-state index is 10.9. The molecule has 1 rings (SSSR count). The molecule has 0 fully saturated rings. The Morgan fingerprint density at radius 1 is 1.44 bits per heavy atom. The van der Waals surface area contributed by atoms with Crippen molar-refractivity contribution in [3.05, 3.63) is 20.7 Å². The second-order valence-corrected chi connectivity index (χ2v) is 5.57. The van der Waals surface area contributed by atoms with E-state index in [2.05, 4.69) is 17.2 Å². The lowest BCUT2D eigenvalue weighted by Gasteiger charge is -2.14. The predicted molar refractivity (Wildman–Crippen MR) is 77.9 cm³/mol. The lowest BCUT2D eigenvalue weighted by Crippen LogP contribution is -2.17. The van der Waals surface area contributed by atoms with Gasteiger partial charge in [0.25, 0.3) is 0 Å². The molecular weight excluding hydrogens is 246 g/mol. The number of H-pyrrole nitrogens is 1. The Morgan fingerprint density at radius 3 is 2.89 bits per heavy atom. The van der Waals surface area contributed by atoms with Crippen LogP contribution in [0.2, 0.25) is 0 Å². The first kappa shape index (κ1) is 15.4. The number of rotatable bonds is 10. The number of aromatic nitrogens is 1. The van der Waals surface area contributed by atoms with E-state index in [9.17, 15) is 4.79 Å². The van der Waals surface area contributed by atoms with E-state index in [1.165, 1.54) is 37.0 Å². The van der Waals surface area contributed by atoms with E-state index < -0.39 is 0 Å². The van der Waals surface area contributed by atoms with Crippen molar-refractivity contribution in [2.45, 2.75) is 45.6 Å². The second-order valence-electron chi connectivity index (χ2n) is 4.72. The van der Waals surface area contributed by atoms with Crippen molar-refractivity contribution in [3.63, 3.8) is 0 Å². The fourth-order valence-electron chi connectivity index (χ4n) is 2.22. The molecular formula is C13H25N3OS. The van der Waals surface area contributed by atoms with Crippen LogP contribution in [0, 0.1) is 5.92 Å². The largest absolute Gasteiger partial charge is 0.330 e. The first-order chi connectivity index (χ1) is 8.76. The second kappa shape index (κ2) is 9.30. The van der Waals surface area contributed by atoms with Gasteiger partial charge in [-0.3, -0.25) is 4.79 Å². The van der Waals surface area contributed by atoms with Crippen LogP contribution in [-0.2, 0) is 6.54 Å². The minimum absolute atomic E-state index is 0.0257. The van der Waals surface area contributed by atoms with Gasteiger partial charge in [0.05, 0.1) is 0 Å². The third-order valence-electron chi connectivity index (χ3n) is 3.12. The summed E-state index contributed by atoms with van der Waals surface area (Å²) in [6.07, 6.45) is 6.10. The lowest BCUT2D eigenvalue weighted by atomic mass is 9.94. The molecule has 0 bridgehead atoms. The summed E-state index contributed by atoms with van der Waals surface area (Å²) in [4.78, 5) is 13.8. The smallest absolute Gasteiger partial charge is 0.304 e. The molecule has 0 amide bonds. The molecule has 1 aromatic rings. The highest BCUT2D eigenvalue weighted by Crippen LogP contribution is 2.16. The van der Waals surface area contributed by atoms with Crippen LogP contribution in [0.15, 0.2) is 10.2 Å². The molecule has 0 saturated carbocycles. The normalized spacial score (nSPS) is 12.8. The molecule has 18 heavy (non-hydrogen) atoms. The number of hydrogen-bond acceptors (Lipinski definition) is 4. The third kappa shape index (κ3) is 6.33. The Hall–Kier alpha value is -0.650. The highest BCUT2D eigenvalue weighted by atomic mass is 32.1. The van der Waals surface area contributed by atoms with Gasteiger partial charge < -0.3 is 16.0 Å². The number of thiazole rings is 1. The number of nitrogens with one attached hydrogen (secondary N) is 2. The van der Waals surface area contributed by atoms with Crippen molar-refractivity contribution in [3.8, 4) is 0 Å². The molecule has 1 aromatic heterocycles. The highest BCUT2D eigenvalue weighted by Gasteiger charge is 2.06. The van der Waals surface area contributed by atoms with Crippen molar-refractivity contribution in [1.82, 2.24) is 10.3 Å². The summed E-state index contributed by atoms with van der Waals surface area (Å²) in [5.74, 6) is 0.780. The van der Waals surface area contributed by atoms with Gasteiger partial charge in [0, 0.05) is 17.6 Å². The van der Waals surface area contributed by atoms with Gasteiger partial charge in [-0.1, -0.05) is 31.1 Å². The molecule has 0 aliphatic rings. The number of hydrogen-bond donors (Lipinski definition) is 3. The van der Waals surface area contributed by atoms with Gasteiger partial charge in [-0.05, 0) is 38.3 Å². The molecule has 1 atom stereocenters. The van der Waals surface area contributed by atoms with E-state index in [4.69, 9.17) is 5.73 Å². The van der Waals surface area contributed by atoms with Crippen molar-refractivity contribution < 1.29 is 0 Å². The van der Waals surface area contributed by atoms with Crippen LogP contribution in [0.5, 0.6) is 0 Å². The van der Waals surface area contributed by atoms with Crippen molar-refractivity contribution in [2.24, 2.45) is 11.7 Å². The Balaban J connectivity index is 2.08. The molecule has 1 heterocycles. The molecule has 104 valence electrons. The fourth-order valence-corrected chi connectivity index (χ4v) is 2.80. The summed E-state index contributed by atoms with van der Waals surface area (Å²) in [6, 6.07) is 0. The van der Waals surface area contributed by atoms with Crippen molar-refractivity contribution >= 4 is 11.3 Å². The Morgan fingerprint density at radius 2 is 2.28 bits per heavy atom. The zero-order chi connectivity index (χ0) is 13.2. The van der Waals surface area contributed by atoms with Gasteiger partial charge in [-0.15, -0.1) is 0 Å². The maximum Gasteiger partial charge on any atom is 0.304 e. The number of nitrogens with two attached hydrogens (primary N) is 1. The molecule has 0 aliphatic heterocycles. The van der Waals surface area contributed by atoms with Gasteiger partial charge in [-0.25, -0.2) is 0 Å². The summed E-state index contributed by atoms with van der Waals surface area (Å²) < 4.78 is 0. The van der Waals surface area contributed by atoms with Gasteiger partial charge in [-0.2, -0.15) is 0 Å². The van der Waals surface area contributed by atoms with E-state index in [0.29, 0.717) is 0 Å². The Kier molecular flexibility index (Phi) is 7.96. The Bertz CT molecular complexity index is 355. The number of aromatic amines is 1. The summed E-state index contributed by atoms with van der Waals surface area (Å²) in [6.45, 7) is 4.79. The first-order valence-corrected chi connectivity index (χ1v) is 7.71. The summed E-state index contributed by atoms with van der Waals surface area (Å²) in [5.41, 5.74) is 6.60. The third-order valence-corrected chi connectivity index (χ3v) is 3.84. The maximum atomic E-state index is 10.9. The molecule has 4 nitrogen and oxygen atoms in total. The first-order valence-electron chi connectivity index (χ1n) is 6.83.